The molecule has 0 amide bonds. The number of fused-ring (bicyclic) bond motifs is 1. The molecular formula is C26H24ClN3O3S. The molecule has 0 fully saturated rings. The number of thioether (sulfide) groups is 1. The quantitative estimate of drug-likeness (QED) is 0.215. The number of aromatic nitrogens is 3. The van der Waals surface area contributed by atoms with Gasteiger partial charge in [-0.1, -0.05) is 41.9 Å². The van der Waals surface area contributed by atoms with E-state index in [-0.39, 0.29) is 11.0 Å². The van der Waals surface area contributed by atoms with Crippen molar-refractivity contribution in [2.24, 2.45) is 0 Å². The predicted molar refractivity (Wildman–Crippen MR) is 137 cm³/mol. The lowest BCUT2D eigenvalue weighted by atomic mass is 10.0. The van der Waals surface area contributed by atoms with Gasteiger partial charge in [0, 0.05) is 22.5 Å². The Morgan fingerprint density at radius 2 is 1.79 bits per heavy atom. The van der Waals surface area contributed by atoms with Crippen LogP contribution in [0.3, 0.4) is 0 Å². The predicted octanol–water partition coefficient (Wildman–Crippen LogP) is 6.78. The molecule has 0 atom stereocenters. The van der Waals surface area contributed by atoms with Crippen LogP contribution in [0.5, 0.6) is 5.75 Å². The maximum Gasteiger partial charge on any atom is 0.342 e. The monoisotopic (exact) mass is 493 g/mol. The topological polar surface area (TPSA) is 77.2 Å². The van der Waals surface area contributed by atoms with Crippen LogP contribution in [0.15, 0.2) is 70.7 Å². The largest absolute Gasteiger partial charge is 0.490 e. The highest BCUT2D eigenvalue weighted by Crippen LogP contribution is 2.34. The second kappa shape index (κ2) is 10.3. The summed E-state index contributed by atoms with van der Waals surface area (Å²) in [5.41, 5.74) is 1.65. The first-order valence-corrected chi connectivity index (χ1v) is 12.1. The second-order valence-electron chi connectivity index (χ2n) is 7.84. The van der Waals surface area contributed by atoms with Gasteiger partial charge in [0.15, 0.2) is 11.0 Å². The van der Waals surface area contributed by atoms with Gasteiger partial charge in [0.1, 0.15) is 10.7 Å². The molecule has 0 unspecified atom stereocenters. The van der Waals surface area contributed by atoms with Crippen LogP contribution in [0.1, 0.15) is 26.3 Å². The summed E-state index contributed by atoms with van der Waals surface area (Å²) in [5, 5.41) is 21.5. The van der Waals surface area contributed by atoms with E-state index in [1.165, 1.54) is 0 Å². The number of carbonyl (C=O) groups is 1. The van der Waals surface area contributed by atoms with E-state index in [0.29, 0.717) is 22.5 Å². The Bertz CT molecular complexity index is 1360. The van der Waals surface area contributed by atoms with Crippen LogP contribution in [0.25, 0.3) is 28.2 Å². The number of aliphatic carboxylic acids is 1. The number of hydrogen-bond donors (Lipinski definition) is 1. The molecule has 1 aromatic heterocycles. The SMILES string of the molecule is CCn1c(S/C(=C\c2ccc(OC(C)C)c3ccccc23)C(=O)O)nnc1-c1ccc(Cl)cc1. The third-order valence-electron chi connectivity index (χ3n) is 5.11. The highest BCUT2D eigenvalue weighted by molar-refractivity contribution is 8.04. The van der Waals surface area contributed by atoms with E-state index in [2.05, 4.69) is 10.2 Å². The van der Waals surface area contributed by atoms with Crippen molar-refractivity contribution in [3.8, 4) is 17.1 Å². The van der Waals surface area contributed by atoms with Crippen LogP contribution >= 0.6 is 23.4 Å². The maximum absolute atomic E-state index is 12.2. The summed E-state index contributed by atoms with van der Waals surface area (Å²) in [6.07, 6.45) is 1.70. The summed E-state index contributed by atoms with van der Waals surface area (Å²) < 4.78 is 7.83. The van der Waals surface area contributed by atoms with Gasteiger partial charge in [-0.15, -0.1) is 10.2 Å². The Morgan fingerprint density at radius 3 is 2.44 bits per heavy atom. The summed E-state index contributed by atoms with van der Waals surface area (Å²) in [7, 11) is 0. The number of carboxylic acid groups (broad SMARTS) is 1. The van der Waals surface area contributed by atoms with Crippen molar-refractivity contribution in [1.29, 1.82) is 0 Å². The number of carboxylic acids is 1. The van der Waals surface area contributed by atoms with E-state index >= 15 is 0 Å². The van der Waals surface area contributed by atoms with Gasteiger partial charge in [0.05, 0.1) is 6.10 Å². The summed E-state index contributed by atoms with van der Waals surface area (Å²) in [6.45, 7) is 6.51. The van der Waals surface area contributed by atoms with Crippen LogP contribution in [0, 0.1) is 0 Å². The Kier molecular flexibility index (Phi) is 7.24. The highest BCUT2D eigenvalue weighted by atomic mass is 35.5. The summed E-state index contributed by atoms with van der Waals surface area (Å²) in [5.74, 6) is 0.396. The van der Waals surface area contributed by atoms with Gasteiger partial charge in [-0.05, 0) is 79.9 Å². The van der Waals surface area contributed by atoms with Crippen molar-refractivity contribution >= 4 is 46.2 Å². The van der Waals surface area contributed by atoms with Gasteiger partial charge in [-0.3, -0.25) is 0 Å². The molecule has 1 N–H and O–H groups in total. The zero-order chi connectivity index (χ0) is 24.2. The molecule has 0 aliphatic carbocycles. The first-order valence-electron chi connectivity index (χ1n) is 10.9. The summed E-state index contributed by atoms with van der Waals surface area (Å²) in [4.78, 5) is 12.3. The fraction of sp³-hybridized carbons (Fsp3) is 0.192. The van der Waals surface area contributed by atoms with Crippen molar-refractivity contribution in [2.75, 3.05) is 0 Å². The Labute approximate surface area is 207 Å². The van der Waals surface area contributed by atoms with Gasteiger partial charge in [0.2, 0.25) is 0 Å². The van der Waals surface area contributed by atoms with E-state index in [1.807, 2.05) is 73.9 Å². The fourth-order valence-corrected chi connectivity index (χ4v) is 4.62. The van der Waals surface area contributed by atoms with Crippen LogP contribution in [0.4, 0.5) is 0 Å². The third kappa shape index (κ3) is 5.11. The summed E-state index contributed by atoms with van der Waals surface area (Å²) in [6, 6.07) is 18.9. The molecule has 6 nitrogen and oxygen atoms in total. The zero-order valence-electron chi connectivity index (χ0n) is 19.0. The van der Waals surface area contributed by atoms with Crippen LogP contribution in [-0.2, 0) is 11.3 Å². The standard InChI is InChI=1S/C26H24ClN3O3S/c1-4-30-24(17-9-12-19(27)13-10-17)28-29-26(30)34-23(25(31)32)15-18-11-14-22(33-16(2)3)21-8-6-5-7-20(18)21/h5-16H,4H2,1-3H3,(H,31,32)/b23-15-. The molecular weight excluding hydrogens is 470 g/mol. The average Bonchev–Trinajstić information content (AvgIpc) is 3.22. The van der Waals surface area contributed by atoms with Crippen molar-refractivity contribution < 1.29 is 14.6 Å². The molecule has 1 heterocycles. The van der Waals surface area contributed by atoms with Gasteiger partial charge >= 0.3 is 5.97 Å². The molecule has 8 heteroatoms. The van der Waals surface area contributed by atoms with Crippen LogP contribution < -0.4 is 4.74 Å². The zero-order valence-corrected chi connectivity index (χ0v) is 20.6. The maximum atomic E-state index is 12.2. The van der Waals surface area contributed by atoms with E-state index in [0.717, 1.165) is 39.4 Å². The van der Waals surface area contributed by atoms with E-state index in [9.17, 15) is 9.90 Å². The lowest BCUT2D eigenvalue weighted by molar-refractivity contribution is -0.131. The molecule has 0 saturated carbocycles. The number of benzene rings is 3. The van der Waals surface area contributed by atoms with E-state index in [1.54, 1.807) is 18.2 Å². The lowest BCUT2D eigenvalue weighted by Crippen LogP contribution is -2.06. The number of rotatable bonds is 8. The van der Waals surface area contributed by atoms with E-state index in [4.69, 9.17) is 16.3 Å². The lowest BCUT2D eigenvalue weighted by Gasteiger charge is -2.14. The average molecular weight is 494 g/mol. The van der Waals surface area contributed by atoms with Crippen molar-refractivity contribution in [3.63, 3.8) is 0 Å². The molecule has 0 radical (unpaired) electrons. The molecule has 0 spiro atoms. The second-order valence-corrected chi connectivity index (χ2v) is 9.28. The van der Waals surface area contributed by atoms with Crippen molar-refractivity contribution in [2.45, 2.75) is 38.6 Å². The van der Waals surface area contributed by atoms with Gasteiger partial charge in [-0.2, -0.15) is 0 Å². The summed E-state index contributed by atoms with van der Waals surface area (Å²) >= 11 is 7.09. The third-order valence-corrected chi connectivity index (χ3v) is 6.36. The Hall–Kier alpha value is -3.29. The molecule has 0 bridgehead atoms. The van der Waals surface area contributed by atoms with Gasteiger partial charge in [-0.25, -0.2) is 4.79 Å². The Morgan fingerprint density at radius 1 is 1.09 bits per heavy atom. The molecule has 0 aliphatic heterocycles. The minimum atomic E-state index is -1.03. The fourth-order valence-electron chi connectivity index (χ4n) is 3.61. The number of hydrogen-bond acceptors (Lipinski definition) is 5. The molecule has 0 aliphatic rings. The minimum Gasteiger partial charge on any atom is -0.490 e. The van der Waals surface area contributed by atoms with Crippen LogP contribution in [0.2, 0.25) is 5.02 Å². The first kappa shape index (κ1) is 23.9. The smallest absolute Gasteiger partial charge is 0.342 e. The van der Waals surface area contributed by atoms with Crippen molar-refractivity contribution in [1.82, 2.24) is 14.8 Å². The minimum absolute atomic E-state index is 0.0326. The Balaban J connectivity index is 1.73. The molecule has 3 aromatic carbocycles. The molecule has 34 heavy (non-hydrogen) atoms. The van der Waals surface area contributed by atoms with Gasteiger partial charge in [0.25, 0.3) is 0 Å². The van der Waals surface area contributed by atoms with Gasteiger partial charge < -0.3 is 14.4 Å². The molecule has 174 valence electrons. The first-order chi connectivity index (χ1) is 16.4. The number of halogens is 1. The van der Waals surface area contributed by atoms with Crippen LogP contribution in [-0.4, -0.2) is 31.9 Å². The van der Waals surface area contributed by atoms with E-state index < -0.39 is 5.97 Å². The van der Waals surface area contributed by atoms with Crippen molar-refractivity contribution in [3.05, 3.63) is 76.2 Å². The molecule has 0 saturated heterocycles. The normalized spacial score (nSPS) is 11.9. The molecule has 4 rings (SSSR count). The number of ether oxygens (including phenoxy) is 1. The highest BCUT2D eigenvalue weighted by Gasteiger charge is 2.19. The number of nitrogens with zero attached hydrogens (tertiary/aromatic N) is 3. The molecule has 4 aromatic rings.